The molecule has 0 aliphatic rings. The van der Waals surface area contributed by atoms with E-state index in [1.165, 1.54) is 12.1 Å². The second-order valence-corrected chi connectivity index (χ2v) is 4.91. The Kier molecular flexibility index (Phi) is 4.76. The fraction of sp³-hybridized carbons (Fsp3) is 0.538. The minimum Gasteiger partial charge on any atom is -0.395 e. The summed E-state index contributed by atoms with van der Waals surface area (Å²) in [5.74, 6) is 0. The van der Waals surface area contributed by atoms with E-state index in [1.54, 1.807) is 0 Å². The molecular weight excluding hydrogens is 243 g/mol. The van der Waals surface area contributed by atoms with E-state index in [4.69, 9.17) is 5.11 Å². The first-order chi connectivity index (χ1) is 8.24. The molecule has 18 heavy (non-hydrogen) atoms. The Hall–Kier alpha value is -1.07. The maximum Gasteiger partial charge on any atom is 0.416 e. The summed E-state index contributed by atoms with van der Waals surface area (Å²) < 4.78 is 37.2. The third kappa shape index (κ3) is 4.66. The van der Waals surface area contributed by atoms with E-state index in [9.17, 15) is 13.2 Å². The highest BCUT2D eigenvalue weighted by molar-refractivity contribution is 5.25. The molecule has 0 unspecified atom stereocenters. The quantitative estimate of drug-likeness (QED) is 0.854. The average Bonchev–Trinajstić information content (AvgIpc) is 2.25. The minimum atomic E-state index is -4.29. The number of aliphatic hydroxyl groups excluding tert-OH is 1. The lowest BCUT2D eigenvalue weighted by Crippen LogP contribution is -2.42. The maximum absolute atomic E-state index is 12.4. The first-order valence-corrected chi connectivity index (χ1v) is 5.77. The van der Waals surface area contributed by atoms with Crippen molar-refractivity contribution in [2.45, 2.75) is 32.0 Å². The second-order valence-electron chi connectivity index (χ2n) is 4.91. The van der Waals surface area contributed by atoms with Crippen molar-refractivity contribution in [1.82, 2.24) is 5.32 Å². The topological polar surface area (TPSA) is 32.3 Å². The summed E-state index contributed by atoms with van der Waals surface area (Å²) in [6.45, 7) is 4.39. The molecule has 0 amide bonds. The molecule has 0 bridgehead atoms. The molecule has 0 saturated heterocycles. The van der Waals surface area contributed by atoms with Gasteiger partial charge in [-0.05, 0) is 38.0 Å². The molecule has 0 radical (unpaired) electrons. The highest BCUT2D eigenvalue weighted by Gasteiger charge is 2.30. The SMILES string of the molecule is CC(C)(Cc1ccc(C(F)(F)F)cc1)NCCO. The van der Waals surface area contributed by atoms with Gasteiger partial charge in [-0.2, -0.15) is 13.2 Å². The molecule has 0 aliphatic carbocycles. The van der Waals surface area contributed by atoms with Crippen molar-refractivity contribution in [3.8, 4) is 0 Å². The molecule has 1 rings (SSSR count). The third-order valence-electron chi connectivity index (χ3n) is 2.64. The van der Waals surface area contributed by atoms with Crippen molar-refractivity contribution in [2.24, 2.45) is 0 Å². The van der Waals surface area contributed by atoms with Gasteiger partial charge in [0.1, 0.15) is 0 Å². The first-order valence-electron chi connectivity index (χ1n) is 5.77. The van der Waals surface area contributed by atoms with Crippen LogP contribution >= 0.6 is 0 Å². The highest BCUT2D eigenvalue weighted by atomic mass is 19.4. The van der Waals surface area contributed by atoms with Crippen LogP contribution in [0.25, 0.3) is 0 Å². The van der Waals surface area contributed by atoms with E-state index >= 15 is 0 Å². The average molecular weight is 261 g/mol. The van der Waals surface area contributed by atoms with Crippen molar-refractivity contribution in [3.05, 3.63) is 35.4 Å². The van der Waals surface area contributed by atoms with E-state index in [2.05, 4.69) is 5.32 Å². The summed E-state index contributed by atoms with van der Waals surface area (Å²) in [6.07, 6.45) is -3.69. The molecule has 1 aromatic rings. The standard InChI is InChI=1S/C13H18F3NO/c1-12(2,17-7-8-18)9-10-3-5-11(6-4-10)13(14,15)16/h3-6,17-18H,7-9H2,1-2H3. The Labute approximate surface area is 105 Å². The lowest BCUT2D eigenvalue weighted by atomic mass is 9.94. The minimum absolute atomic E-state index is 0.0381. The van der Waals surface area contributed by atoms with Crippen LogP contribution in [-0.4, -0.2) is 23.8 Å². The van der Waals surface area contributed by atoms with Crippen molar-refractivity contribution >= 4 is 0 Å². The molecule has 0 aliphatic heterocycles. The van der Waals surface area contributed by atoms with E-state index in [0.29, 0.717) is 13.0 Å². The van der Waals surface area contributed by atoms with Crippen LogP contribution in [0.4, 0.5) is 13.2 Å². The molecule has 0 saturated carbocycles. The second kappa shape index (κ2) is 5.71. The Morgan fingerprint density at radius 2 is 1.67 bits per heavy atom. The number of nitrogens with one attached hydrogen (secondary N) is 1. The zero-order valence-electron chi connectivity index (χ0n) is 10.5. The van der Waals surface area contributed by atoms with Crippen LogP contribution in [0.3, 0.4) is 0 Å². The van der Waals surface area contributed by atoms with Crippen LogP contribution in [-0.2, 0) is 12.6 Å². The van der Waals surface area contributed by atoms with Gasteiger partial charge in [0, 0.05) is 12.1 Å². The van der Waals surface area contributed by atoms with E-state index in [-0.39, 0.29) is 12.1 Å². The first kappa shape index (κ1) is 15.0. The number of β-amino-alcohol motifs (C(OH)–C–C–N with tert-alkyl or cyclic N) is 1. The van der Waals surface area contributed by atoms with E-state index < -0.39 is 11.7 Å². The van der Waals surface area contributed by atoms with Gasteiger partial charge in [-0.15, -0.1) is 0 Å². The summed E-state index contributed by atoms with van der Waals surface area (Å²) in [5.41, 5.74) is -0.0616. The zero-order valence-corrected chi connectivity index (χ0v) is 10.5. The van der Waals surface area contributed by atoms with Crippen LogP contribution < -0.4 is 5.32 Å². The fourth-order valence-electron chi connectivity index (χ4n) is 1.78. The zero-order chi connectivity index (χ0) is 13.8. The molecule has 5 heteroatoms. The molecular formula is C13H18F3NO. The Balaban J connectivity index is 2.69. The van der Waals surface area contributed by atoms with Crippen molar-refractivity contribution < 1.29 is 18.3 Å². The normalized spacial score (nSPS) is 12.8. The predicted octanol–water partition coefficient (Wildman–Crippen LogP) is 2.61. The molecule has 0 heterocycles. The largest absolute Gasteiger partial charge is 0.416 e. The monoisotopic (exact) mass is 261 g/mol. The van der Waals surface area contributed by atoms with Gasteiger partial charge in [0.25, 0.3) is 0 Å². The Bertz CT molecular complexity index is 371. The number of aliphatic hydroxyl groups is 1. The Morgan fingerprint density at radius 1 is 1.11 bits per heavy atom. The number of alkyl halides is 3. The maximum atomic E-state index is 12.4. The smallest absolute Gasteiger partial charge is 0.395 e. The van der Waals surface area contributed by atoms with Gasteiger partial charge < -0.3 is 10.4 Å². The third-order valence-corrected chi connectivity index (χ3v) is 2.64. The van der Waals surface area contributed by atoms with Crippen LogP contribution in [0.2, 0.25) is 0 Å². The number of rotatable bonds is 5. The molecule has 0 atom stereocenters. The Morgan fingerprint density at radius 3 is 2.11 bits per heavy atom. The summed E-state index contributed by atoms with van der Waals surface area (Å²) >= 11 is 0. The summed E-state index contributed by atoms with van der Waals surface area (Å²) in [6, 6.07) is 5.17. The van der Waals surface area contributed by atoms with Gasteiger partial charge in [0.2, 0.25) is 0 Å². The summed E-state index contributed by atoms with van der Waals surface area (Å²) in [7, 11) is 0. The van der Waals surface area contributed by atoms with Crippen molar-refractivity contribution in [1.29, 1.82) is 0 Å². The fourth-order valence-corrected chi connectivity index (χ4v) is 1.78. The summed E-state index contributed by atoms with van der Waals surface area (Å²) in [4.78, 5) is 0. The van der Waals surface area contributed by atoms with Gasteiger partial charge >= 0.3 is 6.18 Å². The van der Waals surface area contributed by atoms with Crippen LogP contribution in [0.5, 0.6) is 0 Å². The molecule has 0 fully saturated rings. The molecule has 2 nitrogen and oxygen atoms in total. The van der Waals surface area contributed by atoms with Crippen molar-refractivity contribution in [2.75, 3.05) is 13.2 Å². The molecule has 1 aromatic carbocycles. The summed E-state index contributed by atoms with van der Waals surface area (Å²) in [5, 5.41) is 11.9. The van der Waals surface area contributed by atoms with E-state index in [0.717, 1.165) is 17.7 Å². The number of hydrogen-bond acceptors (Lipinski definition) is 2. The van der Waals surface area contributed by atoms with Crippen LogP contribution in [0.15, 0.2) is 24.3 Å². The molecule has 102 valence electrons. The molecule has 0 spiro atoms. The lowest BCUT2D eigenvalue weighted by Gasteiger charge is -2.26. The number of benzene rings is 1. The molecule has 2 N–H and O–H groups in total. The van der Waals surface area contributed by atoms with Gasteiger partial charge in [-0.3, -0.25) is 0 Å². The van der Waals surface area contributed by atoms with Crippen LogP contribution in [0.1, 0.15) is 25.0 Å². The number of halogens is 3. The van der Waals surface area contributed by atoms with Crippen LogP contribution in [0, 0.1) is 0 Å². The van der Waals surface area contributed by atoms with Gasteiger partial charge in [0.05, 0.1) is 12.2 Å². The predicted molar refractivity (Wildman–Crippen MR) is 64.3 cm³/mol. The van der Waals surface area contributed by atoms with Gasteiger partial charge in [0.15, 0.2) is 0 Å². The van der Waals surface area contributed by atoms with Crippen molar-refractivity contribution in [3.63, 3.8) is 0 Å². The number of hydrogen-bond donors (Lipinski definition) is 2. The lowest BCUT2D eigenvalue weighted by molar-refractivity contribution is -0.137. The molecule has 0 aromatic heterocycles. The van der Waals surface area contributed by atoms with Gasteiger partial charge in [-0.25, -0.2) is 0 Å². The van der Waals surface area contributed by atoms with Gasteiger partial charge in [-0.1, -0.05) is 12.1 Å². The van der Waals surface area contributed by atoms with E-state index in [1.807, 2.05) is 13.8 Å². The highest BCUT2D eigenvalue weighted by Crippen LogP contribution is 2.29.